The lowest BCUT2D eigenvalue weighted by molar-refractivity contribution is -0.133. The third-order valence-corrected chi connectivity index (χ3v) is 4.75. The van der Waals surface area contributed by atoms with Gasteiger partial charge in [0.25, 0.3) is 0 Å². The molecule has 0 spiro atoms. The van der Waals surface area contributed by atoms with E-state index in [1.807, 2.05) is 16.5 Å². The number of carbonyl (C=O) groups is 1. The van der Waals surface area contributed by atoms with Crippen LogP contribution in [0.25, 0.3) is 0 Å². The van der Waals surface area contributed by atoms with Gasteiger partial charge in [0.1, 0.15) is 12.2 Å². The minimum absolute atomic E-state index is 0.315. The van der Waals surface area contributed by atoms with Crippen molar-refractivity contribution in [2.75, 3.05) is 26.2 Å². The molecule has 6 heteroatoms. The van der Waals surface area contributed by atoms with Crippen LogP contribution in [0, 0.1) is 5.92 Å². The first-order valence-corrected chi connectivity index (χ1v) is 8.06. The third kappa shape index (κ3) is 3.43. The average Bonchev–Trinajstić information content (AvgIpc) is 2.94. The Morgan fingerprint density at radius 1 is 1.43 bits per heavy atom. The van der Waals surface area contributed by atoms with Gasteiger partial charge >= 0.3 is 0 Å². The molecule has 1 aromatic heterocycles. The standard InChI is InChI=1S/C15H25N5O/c1-19-11-17-18-15(19)13-5-3-7-20(10-13)14(21)8-12-4-2-6-16-9-12/h11-13,16H,2-10H2,1H3. The summed E-state index contributed by atoms with van der Waals surface area (Å²) in [7, 11) is 1.98. The van der Waals surface area contributed by atoms with Crippen molar-refractivity contribution >= 4 is 5.91 Å². The van der Waals surface area contributed by atoms with E-state index >= 15 is 0 Å². The van der Waals surface area contributed by atoms with Crippen molar-refractivity contribution in [3.63, 3.8) is 0 Å². The summed E-state index contributed by atoms with van der Waals surface area (Å²) in [5.41, 5.74) is 0. The average molecular weight is 291 g/mol. The fraction of sp³-hybridized carbons (Fsp3) is 0.800. The monoisotopic (exact) mass is 291 g/mol. The molecule has 0 bridgehead atoms. The second-order valence-corrected chi connectivity index (χ2v) is 6.40. The number of piperidine rings is 2. The number of hydrogen-bond donors (Lipinski definition) is 1. The summed E-state index contributed by atoms with van der Waals surface area (Å²) in [6.45, 7) is 3.79. The SMILES string of the molecule is Cn1cnnc1C1CCCN(C(=O)CC2CCCNC2)C1. The maximum Gasteiger partial charge on any atom is 0.222 e. The van der Waals surface area contributed by atoms with Gasteiger partial charge in [-0.25, -0.2) is 0 Å². The zero-order valence-electron chi connectivity index (χ0n) is 12.8. The number of likely N-dealkylation sites (tertiary alicyclic amines) is 1. The Morgan fingerprint density at radius 3 is 3.05 bits per heavy atom. The molecular weight excluding hydrogens is 266 g/mol. The van der Waals surface area contributed by atoms with Crippen LogP contribution >= 0.6 is 0 Å². The van der Waals surface area contributed by atoms with Crippen LogP contribution < -0.4 is 5.32 Å². The lowest BCUT2D eigenvalue weighted by Crippen LogP contribution is -2.41. The van der Waals surface area contributed by atoms with E-state index in [9.17, 15) is 4.79 Å². The molecule has 2 atom stereocenters. The third-order valence-electron chi connectivity index (χ3n) is 4.75. The fourth-order valence-electron chi connectivity index (χ4n) is 3.55. The number of carbonyl (C=O) groups excluding carboxylic acids is 1. The maximum absolute atomic E-state index is 12.5. The molecule has 0 saturated carbocycles. The van der Waals surface area contributed by atoms with Gasteiger partial charge in [-0.1, -0.05) is 0 Å². The van der Waals surface area contributed by atoms with E-state index in [2.05, 4.69) is 15.5 Å². The molecule has 0 radical (unpaired) electrons. The first-order valence-electron chi connectivity index (χ1n) is 8.06. The van der Waals surface area contributed by atoms with Crippen molar-refractivity contribution in [3.8, 4) is 0 Å². The number of rotatable bonds is 3. The van der Waals surface area contributed by atoms with Crippen LogP contribution in [0.2, 0.25) is 0 Å². The fourth-order valence-corrected chi connectivity index (χ4v) is 3.55. The van der Waals surface area contributed by atoms with Crippen LogP contribution in [0.3, 0.4) is 0 Å². The molecule has 1 aromatic rings. The van der Waals surface area contributed by atoms with Crippen molar-refractivity contribution in [1.82, 2.24) is 25.0 Å². The Morgan fingerprint density at radius 2 is 2.33 bits per heavy atom. The summed E-state index contributed by atoms with van der Waals surface area (Å²) in [6, 6.07) is 0. The highest BCUT2D eigenvalue weighted by molar-refractivity contribution is 5.76. The summed E-state index contributed by atoms with van der Waals surface area (Å²) in [5.74, 6) is 2.17. The molecule has 1 amide bonds. The van der Waals surface area contributed by atoms with Crippen molar-refractivity contribution in [2.45, 2.75) is 38.0 Å². The predicted octanol–water partition coefficient (Wildman–Crippen LogP) is 0.911. The van der Waals surface area contributed by atoms with Crippen LogP contribution in [0.4, 0.5) is 0 Å². The lowest BCUT2D eigenvalue weighted by Gasteiger charge is -2.33. The summed E-state index contributed by atoms with van der Waals surface area (Å²) in [5, 5.41) is 11.6. The molecule has 2 saturated heterocycles. The van der Waals surface area contributed by atoms with Crippen molar-refractivity contribution in [3.05, 3.63) is 12.2 Å². The first kappa shape index (κ1) is 14.5. The maximum atomic E-state index is 12.5. The van der Waals surface area contributed by atoms with Gasteiger partial charge in [-0.2, -0.15) is 0 Å². The molecule has 1 N–H and O–H groups in total. The van der Waals surface area contributed by atoms with Crippen LogP contribution in [0.1, 0.15) is 43.8 Å². The highest BCUT2D eigenvalue weighted by Crippen LogP contribution is 2.26. The minimum atomic E-state index is 0.315. The number of hydrogen-bond acceptors (Lipinski definition) is 4. The second kappa shape index (κ2) is 6.56. The quantitative estimate of drug-likeness (QED) is 0.899. The first-order chi connectivity index (χ1) is 10.2. The van der Waals surface area contributed by atoms with Gasteiger partial charge in [0.2, 0.25) is 5.91 Å². The van der Waals surface area contributed by atoms with Crippen LogP contribution in [0.15, 0.2) is 6.33 Å². The van der Waals surface area contributed by atoms with Crippen LogP contribution in [-0.4, -0.2) is 51.8 Å². The van der Waals surface area contributed by atoms with Crippen molar-refractivity contribution in [1.29, 1.82) is 0 Å². The molecule has 2 aliphatic heterocycles. The van der Waals surface area contributed by atoms with E-state index in [4.69, 9.17) is 0 Å². The van der Waals surface area contributed by atoms with E-state index in [1.54, 1.807) is 6.33 Å². The number of nitrogens with one attached hydrogen (secondary N) is 1. The Kier molecular flexibility index (Phi) is 4.53. The summed E-state index contributed by atoms with van der Waals surface area (Å²) in [6.07, 6.45) is 6.97. The van der Waals surface area contributed by atoms with E-state index in [-0.39, 0.29) is 0 Å². The number of aryl methyl sites for hydroxylation is 1. The van der Waals surface area contributed by atoms with Gasteiger partial charge in [0.15, 0.2) is 0 Å². The minimum Gasteiger partial charge on any atom is -0.342 e. The van der Waals surface area contributed by atoms with Gasteiger partial charge in [0.05, 0.1) is 0 Å². The van der Waals surface area contributed by atoms with E-state index < -0.39 is 0 Å². The van der Waals surface area contributed by atoms with E-state index in [0.29, 0.717) is 24.2 Å². The summed E-state index contributed by atoms with van der Waals surface area (Å²) in [4.78, 5) is 14.6. The van der Waals surface area contributed by atoms with Crippen LogP contribution in [0.5, 0.6) is 0 Å². The Labute approximate surface area is 125 Å². The zero-order chi connectivity index (χ0) is 14.7. The zero-order valence-corrected chi connectivity index (χ0v) is 12.8. The molecular formula is C15H25N5O. The molecule has 2 unspecified atom stereocenters. The summed E-state index contributed by atoms with van der Waals surface area (Å²) < 4.78 is 1.98. The van der Waals surface area contributed by atoms with Crippen LogP contribution in [-0.2, 0) is 11.8 Å². The summed E-state index contributed by atoms with van der Waals surface area (Å²) >= 11 is 0. The van der Waals surface area contributed by atoms with Gasteiger partial charge in [-0.05, 0) is 44.7 Å². The number of nitrogens with zero attached hydrogens (tertiary/aromatic N) is 4. The molecule has 3 rings (SSSR count). The predicted molar refractivity (Wildman–Crippen MR) is 79.8 cm³/mol. The van der Waals surface area contributed by atoms with Crippen molar-refractivity contribution in [2.24, 2.45) is 13.0 Å². The number of aromatic nitrogens is 3. The topological polar surface area (TPSA) is 63.1 Å². The van der Waals surface area contributed by atoms with Gasteiger partial charge in [0, 0.05) is 32.5 Å². The van der Waals surface area contributed by atoms with Gasteiger partial charge < -0.3 is 14.8 Å². The largest absolute Gasteiger partial charge is 0.342 e. The molecule has 0 aliphatic carbocycles. The van der Waals surface area contributed by atoms with Crippen molar-refractivity contribution < 1.29 is 4.79 Å². The Hall–Kier alpha value is -1.43. The molecule has 2 fully saturated rings. The van der Waals surface area contributed by atoms with E-state index in [0.717, 1.165) is 44.8 Å². The molecule has 3 heterocycles. The molecule has 116 valence electrons. The highest BCUT2D eigenvalue weighted by atomic mass is 16.2. The Bertz CT molecular complexity index is 480. The highest BCUT2D eigenvalue weighted by Gasteiger charge is 2.28. The number of amides is 1. The molecule has 6 nitrogen and oxygen atoms in total. The van der Waals surface area contributed by atoms with Gasteiger partial charge in [-0.3, -0.25) is 4.79 Å². The van der Waals surface area contributed by atoms with E-state index in [1.165, 1.54) is 12.8 Å². The lowest BCUT2D eigenvalue weighted by atomic mass is 9.93. The molecule has 2 aliphatic rings. The second-order valence-electron chi connectivity index (χ2n) is 6.40. The smallest absolute Gasteiger partial charge is 0.222 e. The Balaban J connectivity index is 1.57. The molecule has 0 aromatic carbocycles. The van der Waals surface area contributed by atoms with Gasteiger partial charge in [-0.15, -0.1) is 10.2 Å². The molecule has 21 heavy (non-hydrogen) atoms. The normalized spacial score (nSPS) is 26.8.